The molecule has 0 bridgehead atoms. The Morgan fingerprint density at radius 3 is 2.32 bits per heavy atom. The maximum Gasteiger partial charge on any atom is 0.387 e. The van der Waals surface area contributed by atoms with E-state index >= 15 is 4.39 Å². The quantitative estimate of drug-likeness (QED) is 0.313. The van der Waals surface area contributed by atoms with Gasteiger partial charge < -0.3 is 4.74 Å². The van der Waals surface area contributed by atoms with Crippen molar-refractivity contribution in [3.05, 3.63) is 53.8 Å². The predicted octanol–water partition coefficient (Wildman–Crippen LogP) is 9.75. The maximum atomic E-state index is 15.0. The molecule has 0 N–H and O–H groups in total. The largest absolute Gasteiger partial charge is 0.435 e. The van der Waals surface area contributed by atoms with Gasteiger partial charge in [0, 0.05) is 5.56 Å². The fraction of sp³-hybridized carbons (Fsp3) is 0.600. The lowest BCUT2D eigenvalue weighted by Gasteiger charge is -2.42. The highest BCUT2D eigenvalue weighted by molar-refractivity contribution is 5.65. The van der Waals surface area contributed by atoms with Crippen LogP contribution in [0.15, 0.2) is 42.5 Å². The number of hydrogen-bond donors (Lipinski definition) is 0. The number of alkyl halides is 2. The van der Waals surface area contributed by atoms with Crippen LogP contribution in [0.4, 0.5) is 13.2 Å². The highest BCUT2D eigenvalue weighted by Gasteiger charge is 2.35. The van der Waals surface area contributed by atoms with Gasteiger partial charge in [0.05, 0.1) is 0 Å². The summed E-state index contributed by atoms with van der Waals surface area (Å²) in [7, 11) is 0. The summed E-state index contributed by atoms with van der Waals surface area (Å²) in [6.45, 7) is -0.585. The highest BCUT2D eigenvalue weighted by atomic mass is 19.3. The zero-order valence-electron chi connectivity index (χ0n) is 20.5. The van der Waals surface area contributed by atoms with E-state index in [1.807, 2.05) is 6.07 Å². The molecule has 2 aromatic rings. The fourth-order valence-corrected chi connectivity index (χ4v) is 6.42. The van der Waals surface area contributed by atoms with Crippen LogP contribution in [0, 0.1) is 23.6 Å². The molecule has 2 aliphatic carbocycles. The Morgan fingerprint density at radius 2 is 1.59 bits per heavy atom. The molecule has 4 heteroatoms. The molecular formula is C30H39F3O. The number of rotatable bonds is 10. The van der Waals surface area contributed by atoms with E-state index in [0.29, 0.717) is 17.0 Å². The van der Waals surface area contributed by atoms with Gasteiger partial charge >= 0.3 is 6.61 Å². The Balaban J connectivity index is 1.31. The van der Waals surface area contributed by atoms with E-state index in [4.69, 9.17) is 0 Å². The molecule has 0 heterocycles. The molecule has 4 rings (SSSR count). The molecule has 0 saturated heterocycles. The summed E-state index contributed by atoms with van der Waals surface area (Å²) >= 11 is 0. The lowest BCUT2D eigenvalue weighted by atomic mass is 9.63. The van der Waals surface area contributed by atoms with Crippen molar-refractivity contribution in [3.63, 3.8) is 0 Å². The summed E-state index contributed by atoms with van der Waals surface area (Å²) in [5, 5.41) is 0. The molecule has 0 spiro atoms. The van der Waals surface area contributed by atoms with Gasteiger partial charge in [-0.3, -0.25) is 0 Å². The van der Waals surface area contributed by atoms with Gasteiger partial charge in [-0.05, 0) is 85.1 Å². The standard InChI is InChI=1S/C30H39F3O/c1-2-3-4-5-6-7-21-8-9-24-19-25(11-10-23(24)18-21)26-14-17-28(29(31)20-26)22-12-15-27(16-13-22)34-30(32)33/h12-17,20-21,23-25,30H,2-11,18-19H2,1H3. The first-order valence-electron chi connectivity index (χ1n) is 13.4. The van der Waals surface area contributed by atoms with Gasteiger partial charge in [-0.1, -0.05) is 76.1 Å². The van der Waals surface area contributed by atoms with Crippen LogP contribution in [0.1, 0.15) is 95.5 Å². The first-order chi connectivity index (χ1) is 16.5. The minimum Gasteiger partial charge on any atom is -0.435 e. The van der Waals surface area contributed by atoms with Gasteiger partial charge in [0.1, 0.15) is 11.6 Å². The summed E-state index contributed by atoms with van der Waals surface area (Å²) < 4.78 is 44.1. The Hall–Kier alpha value is -1.97. The first kappa shape index (κ1) is 25.1. The lowest BCUT2D eigenvalue weighted by molar-refractivity contribution is -0.0498. The molecular weight excluding hydrogens is 433 g/mol. The second-order valence-electron chi connectivity index (χ2n) is 10.6. The van der Waals surface area contributed by atoms with Crippen LogP contribution in [0.3, 0.4) is 0 Å². The normalized spacial score (nSPS) is 24.7. The Labute approximate surface area is 203 Å². The zero-order chi connectivity index (χ0) is 23.9. The average molecular weight is 473 g/mol. The molecule has 2 saturated carbocycles. The molecule has 2 fully saturated rings. The molecule has 34 heavy (non-hydrogen) atoms. The van der Waals surface area contributed by atoms with Crippen LogP contribution in [-0.4, -0.2) is 6.61 Å². The third-order valence-corrected chi connectivity index (χ3v) is 8.29. The second kappa shape index (κ2) is 12.1. The van der Waals surface area contributed by atoms with Crippen molar-refractivity contribution in [2.75, 3.05) is 0 Å². The number of hydrogen-bond acceptors (Lipinski definition) is 1. The molecule has 2 aliphatic rings. The Morgan fingerprint density at radius 1 is 0.853 bits per heavy atom. The number of unbranched alkanes of at least 4 members (excludes halogenated alkanes) is 4. The van der Waals surface area contributed by atoms with Gasteiger partial charge in [-0.25, -0.2) is 4.39 Å². The van der Waals surface area contributed by atoms with Crippen molar-refractivity contribution in [1.29, 1.82) is 0 Å². The molecule has 0 radical (unpaired) electrons. The Bertz CT molecular complexity index is 894. The summed E-state index contributed by atoms with van der Waals surface area (Å²) in [5.41, 5.74) is 2.28. The first-order valence-corrected chi connectivity index (χ1v) is 13.4. The fourth-order valence-electron chi connectivity index (χ4n) is 6.42. The van der Waals surface area contributed by atoms with Crippen molar-refractivity contribution >= 4 is 0 Å². The number of benzene rings is 2. The SMILES string of the molecule is CCCCCCCC1CCC2CC(c3ccc(-c4ccc(OC(F)F)cc4)c(F)c3)CCC2C1. The lowest BCUT2D eigenvalue weighted by Crippen LogP contribution is -2.30. The maximum absolute atomic E-state index is 15.0. The summed E-state index contributed by atoms with van der Waals surface area (Å²) in [5.74, 6) is 2.86. The Kier molecular flexibility index (Phi) is 8.97. The van der Waals surface area contributed by atoms with Crippen molar-refractivity contribution in [2.24, 2.45) is 17.8 Å². The second-order valence-corrected chi connectivity index (χ2v) is 10.6. The minimum absolute atomic E-state index is 0.0822. The molecule has 0 aromatic heterocycles. The average Bonchev–Trinajstić information content (AvgIpc) is 2.84. The van der Waals surface area contributed by atoms with Crippen molar-refractivity contribution in [3.8, 4) is 16.9 Å². The topological polar surface area (TPSA) is 9.23 Å². The van der Waals surface area contributed by atoms with Crippen LogP contribution in [0.25, 0.3) is 11.1 Å². The van der Waals surface area contributed by atoms with Gasteiger partial charge in [0.15, 0.2) is 0 Å². The van der Waals surface area contributed by atoms with E-state index < -0.39 is 6.61 Å². The molecule has 4 unspecified atom stereocenters. The van der Waals surface area contributed by atoms with Crippen molar-refractivity contribution in [1.82, 2.24) is 0 Å². The minimum atomic E-state index is -2.86. The van der Waals surface area contributed by atoms with E-state index in [9.17, 15) is 8.78 Å². The number of fused-ring (bicyclic) bond motifs is 1. The van der Waals surface area contributed by atoms with Crippen LogP contribution < -0.4 is 4.74 Å². The van der Waals surface area contributed by atoms with Crippen LogP contribution >= 0.6 is 0 Å². The third kappa shape index (κ3) is 6.58. The monoisotopic (exact) mass is 472 g/mol. The van der Waals surface area contributed by atoms with Crippen LogP contribution in [0.5, 0.6) is 5.75 Å². The molecule has 2 aromatic carbocycles. The van der Waals surface area contributed by atoms with E-state index in [0.717, 1.165) is 29.7 Å². The molecule has 186 valence electrons. The molecule has 0 aliphatic heterocycles. The number of halogens is 3. The van der Waals surface area contributed by atoms with Crippen LogP contribution in [-0.2, 0) is 0 Å². The van der Waals surface area contributed by atoms with Crippen molar-refractivity contribution < 1.29 is 17.9 Å². The number of ether oxygens (including phenoxy) is 1. The smallest absolute Gasteiger partial charge is 0.387 e. The highest BCUT2D eigenvalue weighted by Crippen LogP contribution is 2.48. The van der Waals surface area contributed by atoms with E-state index in [1.165, 1.54) is 82.8 Å². The van der Waals surface area contributed by atoms with Gasteiger partial charge in [-0.15, -0.1) is 0 Å². The molecule has 0 amide bonds. The van der Waals surface area contributed by atoms with E-state index in [2.05, 4.69) is 17.7 Å². The van der Waals surface area contributed by atoms with E-state index in [-0.39, 0.29) is 11.6 Å². The molecule has 1 nitrogen and oxygen atoms in total. The zero-order valence-corrected chi connectivity index (χ0v) is 20.5. The van der Waals surface area contributed by atoms with Gasteiger partial charge in [0.2, 0.25) is 0 Å². The summed E-state index contributed by atoms with van der Waals surface area (Å²) in [4.78, 5) is 0. The van der Waals surface area contributed by atoms with Crippen molar-refractivity contribution in [2.45, 2.75) is 96.5 Å². The summed E-state index contributed by atoms with van der Waals surface area (Å²) in [6, 6.07) is 11.8. The van der Waals surface area contributed by atoms with Gasteiger partial charge in [0.25, 0.3) is 0 Å². The van der Waals surface area contributed by atoms with Gasteiger partial charge in [-0.2, -0.15) is 8.78 Å². The molecule has 4 atom stereocenters. The van der Waals surface area contributed by atoms with Crippen LogP contribution in [0.2, 0.25) is 0 Å². The third-order valence-electron chi connectivity index (χ3n) is 8.29. The summed E-state index contributed by atoms with van der Waals surface area (Å²) in [6.07, 6.45) is 16.0. The predicted molar refractivity (Wildman–Crippen MR) is 133 cm³/mol. The van der Waals surface area contributed by atoms with E-state index in [1.54, 1.807) is 18.2 Å².